The lowest BCUT2D eigenvalue weighted by atomic mass is 9.89. The van der Waals surface area contributed by atoms with Crippen LogP contribution in [0.15, 0.2) is 0 Å². The zero-order valence-corrected chi connectivity index (χ0v) is 22.1. The lowest BCUT2D eigenvalue weighted by Crippen LogP contribution is -2.69. The molecule has 0 spiro atoms. The van der Waals surface area contributed by atoms with E-state index in [0.717, 1.165) is 0 Å². The van der Waals surface area contributed by atoms with Gasteiger partial charge < -0.3 is 76.4 Å². The van der Waals surface area contributed by atoms with E-state index in [9.17, 15) is 35.4 Å². The summed E-state index contributed by atoms with van der Waals surface area (Å²) in [6, 6.07) is -2.88. The molecule has 0 aromatic carbocycles. The van der Waals surface area contributed by atoms with Gasteiger partial charge in [-0.1, -0.05) is 6.92 Å². The third kappa shape index (κ3) is 7.41. The maximum atomic E-state index is 11.8. The van der Waals surface area contributed by atoms with Crippen LogP contribution in [0.1, 0.15) is 13.8 Å². The van der Waals surface area contributed by atoms with Crippen LogP contribution in [0.2, 0.25) is 0 Å². The predicted molar refractivity (Wildman–Crippen MR) is 132 cm³/mol. The molecule has 0 aromatic heterocycles. The summed E-state index contributed by atoms with van der Waals surface area (Å²) in [5.74, 6) is -1.02. The molecule has 39 heavy (non-hydrogen) atoms. The first-order chi connectivity index (χ1) is 18.6. The van der Waals surface area contributed by atoms with Crippen LogP contribution in [0.25, 0.3) is 0 Å². The van der Waals surface area contributed by atoms with Crippen molar-refractivity contribution >= 4 is 5.91 Å². The van der Waals surface area contributed by atoms with Gasteiger partial charge in [-0.15, -0.1) is 0 Å². The number of ether oxygens (including phenoxy) is 5. The number of nitrogens with two attached hydrogens (primary N) is 2. The van der Waals surface area contributed by atoms with E-state index in [2.05, 4.69) is 10.6 Å². The van der Waals surface area contributed by atoms with Gasteiger partial charge in [-0.05, 0) is 0 Å². The van der Waals surface area contributed by atoms with Crippen molar-refractivity contribution in [2.45, 2.75) is 93.4 Å². The number of aliphatic hydroxyl groups excluding tert-OH is 6. The van der Waals surface area contributed by atoms with Crippen LogP contribution < -0.4 is 22.1 Å². The van der Waals surface area contributed by atoms with Crippen LogP contribution >= 0.6 is 0 Å². The Hall–Kier alpha value is -1.09. The minimum atomic E-state index is -1.43. The Morgan fingerprint density at radius 2 is 1.46 bits per heavy atom. The van der Waals surface area contributed by atoms with Crippen molar-refractivity contribution in [3.63, 3.8) is 0 Å². The second-order valence-corrected chi connectivity index (χ2v) is 10.2. The fourth-order valence-corrected chi connectivity index (χ4v) is 5.15. The topological polar surface area (TPSA) is 261 Å². The van der Waals surface area contributed by atoms with E-state index in [1.165, 1.54) is 6.92 Å². The zero-order chi connectivity index (χ0) is 28.9. The van der Waals surface area contributed by atoms with Crippen LogP contribution in [0.5, 0.6) is 0 Å². The van der Waals surface area contributed by atoms with Gasteiger partial charge in [0.25, 0.3) is 0 Å². The Morgan fingerprint density at radius 1 is 0.897 bits per heavy atom. The summed E-state index contributed by atoms with van der Waals surface area (Å²) in [5.41, 5.74) is 11.5. The van der Waals surface area contributed by atoms with E-state index in [4.69, 9.17) is 35.2 Å². The van der Waals surface area contributed by atoms with Gasteiger partial charge in [0.1, 0.15) is 42.7 Å². The first-order valence-corrected chi connectivity index (χ1v) is 13.1. The van der Waals surface area contributed by atoms with E-state index >= 15 is 0 Å². The summed E-state index contributed by atoms with van der Waals surface area (Å²) in [5, 5.41) is 68.1. The minimum absolute atomic E-state index is 0.000585. The fraction of sp³-hybridized carbons (Fsp3) is 0.957. The molecule has 3 aliphatic heterocycles. The van der Waals surface area contributed by atoms with E-state index in [1.807, 2.05) is 0 Å². The van der Waals surface area contributed by atoms with Crippen molar-refractivity contribution < 1.29 is 59.1 Å². The predicted octanol–water partition coefficient (Wildman–Crippen LogP) is -5.95. The highest BCUT2D eigenvalue weighted by atomic mass is 16.7. The van der Waals surface area contributed by atoms with Gasteiger partial charge >= 0.3 is 0 Å². The minimum Gasteiger partial charge on any atom is -0.394 e. The molecule has 3 saturated heterocycles. The van der Waals surface area contributed by atoms with E-state index < -0.39 is 111 Å². The molecule has 0 aliphatic carbocycles. The molecule has 3 aliphatic rings. The number of rotatable bonds is 11. The summed E-state index contributed by atoms with van der Waals surface area (Å²) < 4.78 is 29.3. The van der Waals surface area contributed by atoms with Gasteiger partial charge in [0.2, 0.25) is 5.91 Å². The molecular weight excluding hydrogens is 524 g/mol. The highest BCUT2D eigenvalue weighted by molar-refractivity contribution is 5.73. The van der Waals surface area contributed by atoms with E-state index in [0.29, 0.717) is 0 Å². The second-order valence-electron chi connectivity index (χ2n) is 10.2. The molecule has 0 aromatic rings. The molecular formula is C23H44N4O12. The number of nitrogens with one attached hydrogen (secondary N) is 2. The standard InChI is InChI=1S/C23H44N4O12/c1-9-12(5-28)36-23(16(17(9)32)27-10(2)31)39-21-14(7-30)37-22(15(19(21)34)26-4-3-24)38-20-13(6-29)35-8-11(25)18(20)33/h9,11-23,26,28-30,32-34H,3-8,24-25H2,1-2H3,(H,27,31)/t9-,11?,12?,13?,14?,15?,16?,17-,18+,19+,20+,21+,22-,23-/m0/s1. The number of carbonyl (C=O) groups is 1. The van der Waals surface area contributed by atoms with Gasteiger partial charge in [-0.2, -0.15) is 0 Å². The van der Waals surface area contributed by atoms with Crippen molar-refractivity contribution in [3.8, 4) is 0 Å². The average Bonchev–Trinajstić information content (AvgIpc) is 2.91. The Kier molecular flexibility index (Phi) is 12.2. The summed E-state index contributed by atoms with van der Waals surface area (Å²) >= 11 is 0. The summed E-state index contributed by atoms with van der Waals surface area (Å²) in [7, 11) is 0. The highest BCUT2D eigenvalue weighted by Gasteiger charge is 2.52. The third-order valence-electron chi connectivity index (χ3n) is 7.43. The number of hydrogen-bond acceptors (Lipinski definition) is 15. The van der Waals surface area contributed by atoms with Crippen LogP contribution in [0, 0.1) is 5.92 Å². The van der Waals surface area contributed by atoms with Crippen molar-refractivity contribution in [2.24, 2.45) is 17.4 Å². The number of aliphatic hydroxyl groups is 6. The zero-order valence-electron chi connectivity index (χ0n) is 22.1. The highest BCUT2D eigenvalue weighted by Crippen LogP contribution is 2.32. The largest absolute Gasteiger partial charge is 0.394 e. The lowest BCUT2D eigenvalue weighted by Gasteiger charge is -2.49. The molecule has 1 amide bonds. The van der Waals surface area contributed by atoms with E-state index in [-0.39, 0.29) is 19.7 Å². The summed E-state index contributed by atoms with van der Waals surface area (Å²) in [4.78, 5) is 11.8. The molecule has 228 valence electrons. The molecule has 16 heteroatoms. The first kappa shape index (κ1) is 32.4. The number of amides is 1. The van der Waals surface area contributed by atoms with Crippen molar-refractivity contribution in [3.05, 3.63) is 0 Å². The summed E-state index contributed by atoms with van der Waals surface area (Å²) in [6.07, 6.45) is -11.8. The van der Waals surface area contributed by atoms with Gasteiger partial charge in [-0.3, -0.25) is 4.79 Å². The van der Waals surface area contributed by atoms with Crippen molar-refractivity contribution in [1.29, 1.82) is 0 Å². The van der Waals surface area contributed by atoms with Crippen LogP contribution in [-0.2, 0) is 28.5 Å². The smallest absolute Gasteiger partial charge is 0.217 e. The molecule has 0 radical (unpaired) electrons. The molecule has 14 atom stereocenters. The normalized spacial score (nSPS) is 45.2. The van der Waals surface area contributed by atoms with Crippen LogP contribution in [0.3, 0.4) is 0 Å². The summed E-state index contributed by atoms with van der Waals surface area (Å²) in [6.45, 7) is 1.75. The monoisotopic (exact) mass is 568 g/mol. The maximum absolute atomic E-state index is 11.8. The van der Waals surface area contributed by atoms with Crippen molar-refractivity contribution in [1.82, 2.24) is 10.6 Å². The van der Waals surface area contributed by atoms with E-state index in [1.54, 1.807) is 6.92 Å². The van der Waals surface area contributed by atoms with Gasteiger partial charge in [0.15, 0.2) is 12.6 Å². The van der Waals surface area contributed by atoms with Crippen LogP contribution in [0.4, 0.5) is 0 Å². The van der Waals surface area contributed by atoms with Gasteiger partial charge in [0.05, 0.1) is 50.7 Å². The first-order valence-electron chi connectivity index (χ1n) is 13.1. The Morgan fingerprint density at radius 3 is 2.03 bits per heavy atom. The van der Waals surface area contributed by atoms with Gasteiger partial charge in [-0.25, -0.2) is 0 Å². The van der Waals surface area contributed by atoms with Crippen LogP contribution in [-0.4, -0.2) is 156 Å². The molecule has 0 bridgehead atoms. The molecule has 3 heterocycles. The lowest BCUT2D eigenvalue weighted by molar-refractivity contribution is -0.342. The molecule has 12 N–H and O–H groups in total. The Bertz CT molecular complexity index is 769. The average molecular weight is 569 g/mol. The SMILES string of the molecule is CC(=O)NC1[C@H](O[C@@H]2C(CO)O[C@@H](O[C@@H]3C(CO)OCC(N)[C@H]3O)C(NCCN)[C@H]2O)OC(CO)[C@H](C)[C@@H]1O. The van der Waals surface area contributed by atoms with Crippen molar-refractivity contribution in [2.75, 3.05) is 39.5 Å². The molecule has 6 unspecified atom stereocenters. The quantitative estimate of drug-likeness (QED) is 0.111. The maximum Gasteiger partial charge on any atom is 0.217 e. The Labute approximate surface area is 226 Å². The molecule has 16 nitrogen and oxygen atoms in total. The third-order valence-corrected chi connectivity index (χ3v) is 7.43. The molecule has 3 fully saturated rings. The molecule has 3 rings (SSSR count). The molecule has 0 saturated carbocycles. The fourth-order valence-electron chi connectivity index (χ4n) is 5.15. The number of hydrogen-bond donors (Lipinski definition) is 10. The number of carbonyl (C=O) groups excluding carboxylic acids is 1. The van der Waals surface area contributed by atoms with Gasteiger partial charge in [0, 0.05) is 25.9 Å². The second kappa shape index (κ2) is 14.7. The Balaban J connectivity index is 1.85.